The van der Waals surface area contributed by atoms with Crippen molar-refractivity contribution in [3.05, 3.63) is 0 Å². The van der Waals surface area contributed by atoms with E-state index >= 15 is 0 Å². The standard InChI is InChI=1S/C10H18IN/c1-9-5-8-10(12(9)11)6-3-2-4-7-10/h9H,2-8H2,1H3. The maximum Gasteiger partial charge on any atom is 0.0308 e. The van der Waals surface area contributed by atoms with Crippen molar-refractivity contribution in [2.24, 2.45) is 0 Å². The first kappa shape index (κ1) is 9.25. The van der Waals surface area contributed by atoms with Crippen LogP contribution in [0.3, 0.4) is 0 Å². The minimum absolute atomic E-state index is 0.623. The Morgan fingerprint density at radius 1 is 1.17 bits per heavy atom. The van der Waals surface area contributed by atoms with Gasteiger partial charge in [0.2, 0.25) is 0 Å². The van der Waals surface area contributed by atoms with Crippen molar-refractivity contribution in [1.82, 2.24) is 3.11 Å². The fourth-order valence-corrected chi connectivity index (χ4v) is 3.84. The molecule has 1 saturated heterocycles. The summed E-state index contributed by atoms with van der Waals surface area (Å²) in [5.41, 5.74) is 0.623. The highest BCUT2D eigenvalue weighted by atomic mass is 127. The lowest BCUT2D eigenvalue weighted by molar-refractivity contribution is 0.182. The normalized spacial score (nSPS) is 36.0. The lowest BCUT2D eigenvalue weighted by Gasteiger charge is -2.39. The molecular formula is C10H18IN. The summed E-state index contributed by atoms with van der Waals surface area (Å²) in [6, 6.07) is 0.823. The zero-order valence-electron chi connectivity index (χ0n) is 7.85. The molecule has 2 heteroatoms. The first-order chi connectivity index (χ1) is 5.75. The van der Waals surface area contributed by atoms with Crippen LogP contribution in [0.1, 0.15) is 51.9 Å². The van der Waals surface area contributed by atoms with Crippen molar-refractivity contribution in [2.45, 2.75) is 63.5 Å². The molecule has 70 valence electrons. The van der Waals surface area contributed by atoms with Crippen molar-refractivity contribution in [2.75, 3.05) is 0 Å². The summed E-state index contributed by atoms with van der Waals surface area (Å²) in [6.07, 6.45) is 10.2. The number of rotatable bonds is 0. The van der Waals surface area contributed by atoms with Crippen LogP contribution in [-0.2, 0) is 0 Å². The quantitative estimate of drug-likeness (QED) is 0.484. The fourth-order valence-electron chi connectivity index (χ4n) is 2.84. The number of nitrogens with zero attached hydrogens (tertiary/aromatic N) is 1. The van der Waals surface area contributed by atoms with Gasteiger partial charge in [0.25, 0.3) is 0 Å². The predicted octanol–water partition coefficient (Wildman–Crippen LogP) is 3.52. The molecule has 0 aromatic rings. The van der Waals surface area contributed by atoms with Gasteiger partial charge in [0.1, 0.15) is 0 Å². The van der Waals surface area contributed by atoms with Crippen LogP contribution >= 0.6 is 22.9 Å². The van der Waals surface area contributed by atoms with E-state index in [9.17, 15) is 0 Å². The van der Waals surface area contributed by atoms with Crippen molar-refractivity contribution < 1.29 is 0 Å². The van der Waals surface area contributed by atoms with Crippen molar-refractivity contribution in [3.63, 3.8) is 0 Å². The van der Waals surface area contributed by atoms with Gasteiger partial charge >= 0.3 is 0 Å². The van der Waals surface area contributed by atoms with Crippen LogP contribution in [0.25, 0.3) is 0 Å². The molecule has 0 aromatic heterocycles. The topological polar surface area (TPSA) is 3.24 Å². The summed E-state index contributed by atoms with van der Waals surface area (Å²) in [5, 5.41) is 0. The van der Waals surface area contributed by atoms with Crippen LogP contribution in [0.5, 0.6) is 0 Å². The Morgan fingerprint density at radius 3 is 2.33 bits per heavy atom. The van der Waals surface area contributed by atoms with Gasteiger partial charge in [0.15, 0.2) is 0 Å². The highest BCUT2D eigenvalue weighted by Crippen LogP contribution is 2.46. The minimum Gasteiger partial charge on any atom is -0.239 e. The highest BCUT2D eigenvalue weighted by molar-refractivity contribution is 14.1. The molecular weight excluding hydrogens is 261 g/mol. The summed E-state index contributed by atoms with van der Waals surface area (Å²) in [5.74, 6) is 0. The molecule has 1 saturated carbocycles. The Kier molecular flexibility index (Phi) is 2.66. The van der Waals surface area contributed by atoms with E-state index in [1.807, 2.05) is 0 Å². The molecule has 1 atom stereocenters. The maximum absolute atomic E-state index is 2.63. The average Bonchev–Trinajstić information content (AvgIpc) is 2.37. The summed E-state index contributed by atoms with van der Waals surface area (Å²) < 4.78 is 2.63. The Balaban J connectivity index is 2.09. The third-order valence-corrected chi connectivity index (χ3v) is 5.63. The SMILES string of the molecule is CC1CCC2(CCCCC2)N1I. The highest BCUT2D eigenvalue weighted by Gasteiger charge is 2.43. The van der Waals surface area contributed by atoms with Gasteiger partial charge < -0.3 is 0 Å². The summed E-state index contributed by atoms with van der Waals surface area (Å²) >= 11 is 2.56. The third kappa shape index (κ3) is 1.41. The van der Waals surface area contributed by atoms with E-state index in [-0.39, 0.29) is 0 Å². The molecule has 0 aromatic carbocycles. The second kappa shape index (κ2) is 3.45. The predicted molar refractivity (Wildman–Crippen MR) is 60.4 cm³/mol. The van der Waals surface area contributed by atoms with E-state index in [4.69, 9.17) is 0 Å². The maximum atomic E-state index is 2.63. The van der Waals surface area contributed by atoms with Gasteiger partial charge in [0.05, 0.1) is 0 Å². The van der Waals surface area contributed by atoms with Gasteiger partial charge in [-0.25, -0.2) is 3.11 Å². The molecule has 0 bridgehead atoms. The molecule has 0 N–H and O–H groups in total. The Bertz CT molecular complexity index is 158. The van der Waals surface area contributed by atoms with E-state index in [1.54, 1.807) is 0 Å². The molecule has 2 aliphatic rings. The molecule has 1 aliphatic heterocycles. The van der Waals surface area contributed by atoms with Crippen molar-refractivity contribution >= 4 is 22.9 Å². The zero-order valence-corrected chi connectivity index (χ0v) is 10.0. The van der Waals surface area contributed by atoms with Crippen LogP contribution in [0.4, 0.5) is 0 Å². The van der Waals surface area contributed by atoms with Crippen LogP contribution in [0.15, 0.2) is 0 Å². The second-order valence-corrected chi connectivity index (χ2v) is 5.52. The van der Waals surface area contributed by atoms with Crippen LogP contribution in [0, 0.1) is 0 Å². The van der Waals surface area contributed by atoms with E-state index < -0.39 is 0 Å². The monoisotopic (exact) mass is 279 g/mol. The molecule has 0 radical (unpaired) electrons. The minimum atomic E-state index is 0.623. The lowest BCUT2D eigenvalue weighted by Crippen LogP contribution is -2.41. The lowest BCUT2D eigenvalue weighted by atomic mass is 9.81. The van der Waals surface area contributed by atoms with E-state index in [1.165, 1.54) is 44.9 Å². The summed E-state index contributed by atoms with van der Waals surface area (Å²) in [6.45, 7) is 2.37. The second-order valence-electron chi connectivity index (χ2n) is 4.48. The number of hydrogen-bond acceptors (Lipinski definition) is 1. The third-order valence-electron chi connectivity index (χ3n) is 3.65. The van der Waals surface area contributed by atoms with Gasteiger partial charge in [-0.15, -0.1) is 0 Å². The molecule has 2 rings (SSSR count). The van der Waals surface area contributed by atoms with Gasteiger partial charge in [-0.1, -0.05) is 19.3 Å². The first-order valence-corrected chi connectivity index (χ1v) is 6.16. The van der Waals surface area contributed by atoms with Gasteiger partial charge in [-0.3, -0.25) is 0 Å². The largest absolute Gasteiger partial charge is 0.239 e. The average molecular weight is 279 g/mol. The summed E-state index contributed by atoms with van der Waals surface area (Å²) in [4.78, 5) is 0. The number of halogens is 1. The molecule has 1 nitrogen and oxygen atoms in total. The Morgan fingerprint density at radius 2 is 1.83 bits per heavy atom. The molecule has 1 aliphatic carbocycles. The fraction of sp³-hybridized carbons (Fsp3) is 1.00. The van der Waals surface area contributed by atoms with Gasteiger partial charge in [0, 0.05) is 34.4 Å². The van der Waals surface area contributed by atoms with Gasteiger partial charge in [-0.2, -0.15) is 0 Å². The molecule has 1 heterocycles. The Labute approximate surface area is 89.4 Å². The van der Waals surface area contributed by atoms with Crippen LogP contribution < -0.4 is 0 Å². The summed E-state index contributed by atoms with van der Waals surface area (Å²) in [7, 11) is 0. The van der Waals surface area contributed by atoms with Crippen molar-refractivity contribution in [1.29, 1.82) is 0 Å². The molecule has 0 amide bonds. The molecule has 12 heavy (non-hydrogen) atoms. The first-order valence-electron chi connectivity index (χ1n) is 5.20. The smallest absolute Gasteiger partial charge is 0.0308 e. The van der Waals surface area contributed by atoms with Crippen LogP contribution in [0.2, 0.25) is 0 Å². The van der Waals surface area contributed by atoms with E-state index in [2.05, 4.69) is 32.9 Å². The number of hydrogen-bond donors (Lipinski definition) is 0. The van der Waals surface area contributed by atoms with E-state index in [0.717, 1.165) is 6.04 Å². The van der Waals surface area contributed by atoms with E-state index in [0.29, 0.717) is 5.54 Å². The zero-order chi connectivity index (χ0) is 8.60. The van der Waals surface area contributed by atoms with Crippen molar-refractivity contribution in [3.8, 4) is 0 Å². The molecule has 2 fully saturated rings. The van der Waals surface area contributed by atoms with Crippen LogP contribution in [-0.4, -0.2) is 14.7 Å². The molecule has 1 unspecified atom stereocenters. The Hall–Kier alpha value is 0.690. The van der Waals surface area contributed by atoms with Gasteiger partial charge in [-0.05, 0) is 32.6 Å². The molecule has 1 spiro atoms.